The van der Waals surface area contributed by atoms with E-state index in [4.69, 9.17) is 9.47 Å². The average Bonchev–Trinajstić information content (AvgIpc) is 2.53. The second-order valence-corrected chi connectivity index (χ2v) is 8.29. The van der Waals surface area contributed by atoms with Crippen molar-refractivity contribution in [3.05, 3.63) is 29.8 Å². The first-order valence-electron chi connectivity index (χ1n) is 9.14. The van der Waals surface area contributed by atoms with Crippen LogP contribution in [-0.2, 0) is 14.9 Å². The quantitative estimate of drug-likeness (QED) is 0.871. The van der Waals surface area contributed by atoms with E-state index in [1.807, 2.05) is 39.0 Å². The molecule has 0 radical (unpaired) electrons. The summed E-state index contributed by atoms with van der Waals surface area (Å²) in [6.07, 6.45) is 1.60. The first-order valence-corrected chi connectivity index (χ1v) is 9.14. The Morgan fingerprint density at radius 1 is 1.27 bits per heavy atom. The topological polar surface area (TPSA) is 76.1 Å². The molecule has 1 spiro atoms. The molecule has 1 amide bonds. The number of hydrogen-bond donors (Lipinski definition) is 1. The molecule has 142 valence electrons. The SMILES string of the molecule is CC(C)(C)OC(=O)N1CCC2(CC1)CC(CC(=O)O)Oc1ccccc12. The van der Waals surface area contributed by atoms with E-state index in [2.05, 4.69) is 6.07 Å². The van der Waals surface area contributed by atoms with E-state index in [-0.39, 0.29) is 24.0 Å². The highest BCUT2D eigenvalue weighted by molar-refractivity contribution is 5.69. The number of likely N-dealkylation sites (tertiary alicyclic amines) is 1. The van der Waals surface area contributed by atoms with Gasteiger partial charge in [-0.3, -0.25) is 4.79 Å². The van der Waals surface area contributed by atoms with Gasteiger partial charge in [0.2, 0.25) is 0 Å². The van der Waals surface area contributed by atoms with Crippen LogP contribution in [0.2, 0.25) is 0 Å². The van der Waals surface area contributed by atoms with Gasteiger partial charge in [0.25, 0.3) is 0 Å². The Hall–Kier alpha value is -2.24. The van der Waals surface area contributed by atoms with Gasteiger partial charge in [-0.1, -0.05) is 18.2 Å². The summed E-state index contributed by atoms with van der Waals surface area (Å²) in [6, 6.07) is 7.87. The Labute approximate surface area is 154 Å². The molecule has 1 aromatic carbocycles. The minimum Gasteiger partial charge on any atom is -0.489 e. The number of piperidine rings is 1. The predicted molar refractivity (Wildman–Crippen MR) is 96.4 cm³/mol. The van der Waals surface area contributed by atoms with Crippen molar-refractivity contribution >= 4 is 12.1 Å². The minimum atomic E-state index is -0.851. The third kappa shape index (κ3) is 3.94. The van der Waals surface area contributed by atoms with Gasteiger partial charge in [0.1, 0.15) is 17.5 Å². The van der Waals surface area contributed by atoms with Crippen LogP contribution in [0, 0.1) is 0 Å². The lowest BCUT2D eigenvalue weighted by atomic mass is 9.67. The molecule has 1 unspecified atom stereocenters. The monoisotopic (exact) mass is 361 g/mol. The third-order valence-electron chi connectivity index (χ3n) is 5.14. The maximum absolute atomic E-state index is 12.3. The molecule has 0 aliphatic carbocycles. The van der Waals surface area contributed by atoms with Crippen molar-refractivity contribution in [2.24, 2.45) is 0 Å². The van der Waals surface area contributed by atoms with Crippen molar-refractivity contribution in [3.63, 3.8) is 0 Å². The molecule has 1 fully saturated rings. The number of amides is 1. The zero-order valence-corrected chi connectivity index (χ0v) is 15.7. The summed E-state index contributed by atoms with van der Waals surface area (Å²) < 4.78 is 11.4. The lowest BCUT2D eigenvalue weighted by Gasteiger charge is -2.47. The molecule has 26 heavy (non-hydrogen) atoms. The van der Waals surface area contributed by atoms with Gasteiger partial charge >= 0.3 is 12.1 Å². The minimum absolute atomic E-state index is 0.00807. The van der Waals surface area contributed by atoms with Crippen LogP contribution in [0.25, 0.3) is 0 Å². The number of carboxylic acid groups (broad SMARTS) is 1. The molecule has 2 aliphatic heterocycles. The van der Waals surface area contributed by atoms with Crippen LogP contribution in [-0.4, -0.2) is 46.9 Å². The van der Waals surface area contributed by atoms with E-state index in [1.165, 1.54) is 0 Å². The molecule has 6 heteroatoms. The van der Waals surface area contributed by atoms with Gasteiger partial charge in [0.15, 0.2) is 0 Å². The van der Waals surface area contributed by atoms with Crippen molar-refractivity contribution < 1.29 is 24.2 Å². The van der Waals surface area contributed by atoms with E-state index in [1.54, 1.807) is 4.90 Å². The highest BCUT2D eigenvalue weighted by Crippen LogP contribution is 2.48. The van der Waals surface area contributed by atoms with Crippen molar-refractivity contribution in [2.75, 3.05) is 13.1 Å². The Morgan fingerprint density at radius 2 is 1.92 bits per heavy atom. The summed E-state index contributed by atoms with van der Waals surface area (Å²) in [5.41, 5.74) is 0.475. The maximum Gasteiger partial charge on any atom is 0.410 e. The Morgan fingerprint density at radius 3 is 2.54 bits per heavy atom. The molecule has 2 heterocycles. The third-order valence-corrected chi connectivity index (χ3v) is 5.14. The normalized spacial score (nSPS) is 21.7. The van der Waals surface area contributed by atoms with E-state index in [9.17, 15) is 14.7 Å². The summed E-state index contributed by atoms with van der Waals surface area (Å²) >= 11 is 0. The average molecular weight is 361 g/mol. The number of ether oxygens (including phenoxy) is 2. The summed E-state index contributed by atoms with van der Waals surface area (Å²) in [6.45, 7) is 6.79. The number of aliphatic carboxylic acids is 1. The number of benzene rings is 1. The van der Waals surface area contributed by atoms with Gasteiger partial charge in [0, 0.05) is 24.1 Å². The van der Waals surface area contributed by atoms with Crippen LogP contribution in [0.15, 0.2) is 24.3 Å². The maximum atomic E-state index is 12.3. The van der Waals surface area contributed by atoms with Crippen molar-refractivity contribution in [1.82, 2.24) is 4.90 Å². The molecule has 3 rings (SSSR count). The Balaban J connectivity index is 1.77. The molecule has 0 saturated carbocycles. The molecular formula is C20H27NO5. The molecule has 1 N–H and O–H groups in total. The number of rotatable bonds is 2. The van der Waals surface area contributed by atoms with Crippen LogP contribution in [0.1, 0.15) is 52.0 Å². The molecular weight excluding hydrogens is 334 g/mol. The number of fused-ring (bicyclic) bond motifs is 2. The smallest absolute Gasteiger partial charge is 0.410 e. The summed E-state index contributed by atoms with van der Waals surface area (Å²) in [7, 11) is 0. The molecule has 1 saturated heterocycles. The van der Waals surface area contributed by atoms with Crippen molar-refractivity contribution in [2.45, 2.75) is 63.6 Å². The van der Waals surface area contributed by atoms with E-state index in [0.717, 1.165) is 24.2 Å². The molecule has 1 aromatic rings. The standard InChI is InChI=1S/C20H27NO5/c1-19(2,3)26-18(24)21-10-8-20(9-11-21)13-14(12-17(22)23)25-16-7-5-4-6-15(16)20/h4-7,14H,8-13H2,1-3H3,(H,22,23). The van der Waals surface area contributed by atoms with Crippen molar-refractivity contribution in [3.8, 4) is 5.75 Å². The van der Waals surface area contributed by atoms with Crippen LogP contribution in [0.3, 0.4) is 0 Å². The van der Waals surface area contributed by atoms with Crippen LogP contribution in [0.5, 0.6) is 5.75 Å². The summed E-state index contributed by atoms with van der Waals surface area (Å²) in [5.74, 6) is -0.0774. The molecule has 0 aromatic heterocycles. The van der Waals surface area contributed by atoms with E-state index < -0.39 is 11.6 Å². The van der Waals surface area contributed by atoms with Gasteiger partial charge in [-0.2, -0.15) is 0 Å². The highest BCUT2D eigenvalue weighted by atomic mass is 16.6. The van der Waals surface area contributed by atoms with Gasteiger partial charge in [-0.15, -0.1) is 0 Å². The van der Waals surface area contributed by atoms with E-state index >= 15 is 0 Å². The largest absolute Gasteiger partial charge is 0.489 e. The number of nitrogens with zero attached hydrogens (tertiary/aromatic N) is 1. The lowest BCUT2D eigenvalue weighted by Crippen LogP contribution is -2.50. The Kier molecular flexibility index (Phi) is 4.86. The summed E-state index contributed by atoms with van der Waals surface area (Å²) in [4.78, 5) is 25.3. The molecule has 6 nitrogen and oxygen atoms in total. The van der Waals surface area contributed by atoms with Crippen molar-refractivity contribution in [1.29, 1.82) is 0 Å². The fourth-order valence-corrected chi connectivity index (χ4v) is 4.00. The first kappa shape index (κ1) is 18.5. The molecule has 0 bridgehead atoms. The van der Waals surface area contributed by atoms with Gasteiger partial charge in [-0.25, -0.2) is 4.79 Å². The predicted octanol–water partition coefficient (Wildman–Crippen LogP) is 3.58. The fraction of sp³-hybridized carbons (Fsp3) is 0.600. The number of carbonyl (C=O) groups excluding carboxylic acids is 1. The zero-order chi connectivity index (χ0) is 18.9. The number of para-hydroxylation sites is 1. The lowest BCUT2D eigenvalue weighted by molar-refractivity contribution is -0.139. The van der Waals surface area contributed by atoms with E-state index in [0.29, 0.717) is 19.5 Å². The van der Waals surface area contributed by atoms with Crippen LogP contribution >= 0.6 is 0 Å². The molecule has 1 atom stereocenters. The van der Waals surface area contributed by atoms with Crippen LogP contribution < -0.4 is 4.74 Å². The zero-order valence-electron chi connectivity index (χ0n) is 15.7. The second-order valence-electron chi connectivity index (χ2n) is 8.29. The number of hydrogen-bond acceptors (Lipinski definition) is 4. The summed E-state index contributed by atoms with van der Waals surface area (Å²) in [5, 5.41) is 9.17. The fourth-order valence-electron chi connectivity index (χ4n) is 4.00. The Bertz CT molecular complexity index is 686. The first-order chi connectivity index (χ1) is 12.2. The number of carbonyl (C=O) groups is 2. The highest BCUT2D eigenvalue weighted by Gasteiger charge is 2.45. The second kappa shape index (κ2) is 6.82. The van der Waals surface area contributed by atoms with Gasteiger partial charge < -0.3 is 19.5 Å². The van der Waals surface area contributed by atoms with Crippen LogP contribution in [0.4, 0.5) is 4.79 Å². The van der Waals surface area contributed by atoms with Gasteiger partial charge in [0.05, 0.1) is 6.42 Å². The van der Waals surface area contributed by atoms with Gasteiger partial charge in [-0.05, 0) is 46.1 Å². The number of carboxylic acids is 1. The molecule has 2 aliphatic rings.